The number of ketones is 1. The standard InChI is InChI=1S/C8H14O4/c9-5-1-3-7(11)8(12)4-2-6-10/h5,8,10,12H,1-4,6H2. The van der Waals surface area contributed by atoms with Crippen LogP contribution in [0.25, 0.3) is 0 Å². The van der Waals surface area contributed by atoms with Crippen molar-refractivity contribution in [3.8, 4) is 0 Å². The molecule has 2 N–H and O–H groups in total. The molecule has 1 unspecified atom stereocenters. The Bertz CT molecular complexity index is 144. The molecule has 0 rings (SSSR count). The molecule has 12 heavy (non-hydrogen) atoms. The third-order valence-electron chi connectivity index (χ3n) is 1.52. The Morgan fingerprint density at radius 1 is 1.50 bits per heavy atom. The van der Waals surface area contributed by atoms with Gasteiger partial charge in [-0.2, -0.15) is 0 Å². The van der Waals surface area contributed by atoms with Crippen molar-refractivity contribution in [3.63, 3.8) is 0 Å². The number of rotatable bonds is 7. The fourth-order valence-electron chi connectivity index (χ4n) is 0.813. The van der Waals surface area contributed by atoms with Crippen LogP contribution in [0.15, 0.2) is 0 Å². The highest BCUT2D eigenvalue weighted by molar-refractivity contribution is 5.84. The van der Waals surface area contributed by atoms with Gasteiger partial charge in [-0.25, -0.2) is 0 Å². The molecule has 0 aliphatic heterocycles. The lowest BCUT2D eigenvalue weighted by Crippen LogP contribution is -2.20. The number of carbonyl (C=O) groups is 2. The number of aldehydes is 1. The molecule has 0 spiro atoms. The number of aliphatic hydroxyl groups is 2. The lowest BCUT2D eigenvalue weighted by molar-refractivity contribution is -0.128. The summed E-state index contributed by atoms with van der Waals surface area (Å²) in [6, 6.07) is 0. The van der Waals surface area contributed by atoms with E-state index >= 15 is 0 Å². The van der Waals surface area contributed by atoms with E-state index in [2.05, 4.69) is 0 Å². The zero-order valence-corrected chi connectivity index (χ0v) is 6.90. The minimum absolute atomic E-state index is 0.0297. The third-order valence-corrected chi connectivity index (χ3v) is 1.52. The highest BCUT2D eigenvalue weighted by Crippen LogP contribution is 2.01. The molecular formula is C8H14O4. The van der Waals surface area contributed by atoms with Gasteiger partial charge < -0.3 is 15.0 Å². The van der Waals surface area contributed by atoms with E-state index in [9.17, 15) is 9.59 Å². The molecule has 0 heterocycles. The molecule has 0 amide bonds. The van der Waals surface area contributed by atoms with Gasteiger partial charge in [0.1, 0.15) is 12.4 Å². The first-order chi connectivity index (χ1) is 5.72. The Hall–Kier alpha value is -0.740. The number of aliphatic hydroxyl groups excluding tert-OH is 2. The molecule has 0 aromatic heterocycles. The van der Waals surface area contributed by atoms with Crippen LogP contribution in [0, 0.1) is 0 Å². The monoisotopic (exact) mass is 174 g/mol. The largest absolute Gasteiger partial charge is 0.396 e. The average Bonchev–Trinajstić information content (AvgIpc) is 2.10. The predicted molar refractivity (Wildman–Crippen MR) is 42.6 cm³/mol. The maximum atomic E-state index is 10.9. The van der Waals surface area contributed by atoms with Crippen LogP contribution in [0.4, 0.5) is 0 Å². The van der Waals surface area contributed by atoms with Crippen molar-refractivity contribution in [3.05, 3.63) is 0 Å². The molecule has 4 heteroatoms. The molecule has 0 aliphatic rings. The molecule has 0 aromatic rings. The molecular weight excluding hydrogens is 160 g/mol. The zero-order chi connectivity index (χ0) is 9.40. The summed E-state index contributed by atoms with van der Waals surface area (Å²) in [7, 11) is 0. The SMILES string of the molecule is O=CCCC(=O)C(O)CCCO. The fraction of sp³-hybridized carbons (Fsp3) is 0.750. The molecule has 70 valence electrons. The lowest BCUT2D eigenvalue weighted by Gasteiger charge is -2.06. The minimum Gasteiger partial charge on any atom is -0.396 e. The second-order valence-corrected chi connectivity index (χ2v) is 2.55. The van der Waals surface area contributed by atoms with Gasteiger partial charge in [0.05, 0.1) is 0 Å². The van der Waals surface area contributed by atoms with Crippen molar-refractivity contribution in [1.29, 1.82) is 0 Å². The van der Waals surface area contributed by atoms with Gasteiger partial charge in [-0.3, -0.25) is 4.79 Å². The maximum absolute atomic E-state index is 10.9. The van der Waals surface area contributed by atoms with Gasteiger partial charge in [-0.15, -0.1) is 0 Å². The van der Waals surface area contributed by atoms with Crippen molar-refractivity contribution >= 4 is 12.1 Å². The number of hydrogen-bond donors (Lipinski definition) is 2. The van der Waals surface area contributed by atoms with Gasteiger partial charge in [0.2, 0.25) is 0 Å². The van der Waals surface area contributed by atoms with Crippen molar-refractivity contribution in [2.45, 2.75) is 31.8 Å². The molecule has 4 nitrogen and oxygen atoms in total. The Balaban J connectivity index is 3.53. The van der Waals surface area contributed by atoms with Gasteiger partial charge in [0.25, 0.3) is 0 Å². The third kappa shape index (κ3) is 4.98. The summed E-state index contributed by atoms with van der Waals surface area (Å²) in [5.41, 5.74) is 0. The second kappa shape index (κ2) is 6.94. The van der Waals surface area contributed by atoms with Crippen molar-refractivity contribution in [1.82, 2.24) is 0 Å². The summed E-state index contributed by atoms with van der Waals surface area (Å²) in [6.45, 7) is -0.0297. The van der Waals surface area contributed by atoms with Crippen LogP contribution < -0.4 is 0 Å². The predicted octanol–water partition coefficient (Wildman–Crippen LogP) is -0.332. The fourth-order valence-corrected chi connectivity index (χ4v) is 0.813. The maximum Gasteiger partial charge on any atom is 0.161 e. The highest BCUT2D eigenvalue weighted by atomic mass is 16.3. The molecule has 0 aliphatic carbocycles. The van der Waals surface area contributed by atoms with E-state index in [0.29, 0.717) is 12.7 Å². The van der Waals surface area contributed by atoms with E-state index in [1.807, 2.05) is 0 Å². The average molecular weight is 174 g/mol. The van der Waals surface area contributed by atoms with Crippen molar-refractivity contribution in [2.24, 2.45) is 0 Å². The Kier molecular flexibility index (Phi) is 6.51. The molecule has 0 aromatic carbocycles. The summed E-state index contributed by atoms with van der Waals surface area (Å²) in [5.74, 6) is -0.324. The van der Waals surface area contributed by atoms with E-state index in [1.54, 1.807) is 0 Å². The molecule has 0 bridgehead atoms. The summed E-state index contributed by atoms with van der Waals surface area (Å²) in [6.07, 6.45) is 0.571. The topological polar surface area (TPSA) is 74.6 Å². The smallest absolute Gasteiger partial charge is 0.161 e. The summed E-state index contributed by atoms with van der Waals surface area (Å²) >= 11 is 0. The Labute approximate surface area is 71.2 Å². The summed E-state index contributed by atoms with van der Waals surface area (Å²) < 4.78 is 0. The van der Waals surface area contributed by atoms with E-state index < -0.39 is 6.10 Å². The van der Waals surface area contributed by atoms with E-state index in [-0.39, 0.29) is 31.7 Å². The van der Waals surface area contributed by atoms with Gasteiger partial charge in [-0.1, -0.05) is 0 Å². The second-order valence-electron chi connectivity index (χ2n) is 2.55. The first-order valence-electron chi connectivity index (χ1n) is 3.97. The van der Waals surface area contributed by atoms with Crippen molar-refractivity contribution in [2.75, 3.05) is 6.61 Å². The van der Waals surface area contributed by atoms with Gasteiger partial charge in [-0.05, 0) is 12.8 Å². The van der Waals surface area contributed by atoms with E-state index in [0.717, 1.165) is 0 Å². The van der Waals surface area contributed by atoms with Crippen LogP contribution in [0.2, 0.25) is 0 Å². The Morgan fingerprint density at radius 3 is 2.67 bits per heavy atom. The van der Waals surface area contributed by atoms with Crippen LogP contribution in [-0.4, -0.2) is 35.0 Å². The number of Topliss-reactive ketones (excluding diaryl/α,β-unsaturated/α-hetero) is 1. The number of hydrogen-bond acceptors (Lipinski definition) is 4. The van der Waals surface area contributed by atoms with E-state index in [1.165, 1.54) is 0 Å². The quantitative estimate of drug-likeness (QED) is 0.518. The van der Waals surface area contributed by atoms with Crippen LogP contribution >= 0.6 is 0 Å². The Morgan fingerprint density at radius 2 is 2.17 bits per heavy atom. The first-order valence-corrected chi connectivity index (χ1v) is 3.97. The van der Waals surface area contributed by atoms with Crippen LogP contribution in [0.5, 0.6) is 0 Å². The normalized spacial score (nSPS) is 12.5. The minimum atomic E-state index is -1.02. The zero-order valence-electron chi connectivity index (χ0n) is 6.90. The van der Waals surface area contributed by atoms with Gasteiger partial charge >= 0.3 is 0 Å². The van der Waals surface area contributed by atoms with Crippen LogP contribution in [0.3, 0.4) is 0 Å². The highest BCUT2D eigenvalue weighted by Gasteiger charge is 2.12. The molecule has 1 atom stereocenters. The van der Waals surface area contributed by atoms with E-state index in [4.69, 9.17) is 10.2 Å². The number of carbonyl (C=O) groups excluding carboxylic acids is 2. The van der Waals surface area contributed by atoms with Crippen LogP contribution in [0.1, 0.15) is 25.7 Å². The summed E-state index contributed by atoms with van der Waals surface area (Å²) in [5, 5.41) is 17.5. The van der Waals surface area contributed by atoms with Crippen molar-refractivity contribution < 1.29 is 19.8 Å². The lowest BCUT2D eigenvalue weighted by atomic mass is 10.1. The molecule has 0 fully saturated rings. The molecule has 0 radical (unpaired) electrons. The van der Waals surface area contributed by atoms with Gasteiger partial charge in [0.15, 0.2) is 5.78 Å². The molecule has 0 saturated carbocycles. The van der Waals surface area contributed by atoms with Gasteiger partial charge in [0, 0.05) is 19.4 Å². The first kappa shape index (κ1) is 11.3. The summed E-state index contributed by atoms with van der Waals surface area (Å²) in [4.78, 5) is 20.8. The van der Waals surface area contributed by atoms with Crippen LogP contribution in [-0.2, 0) is 9.59 Å². The molecule has 0 saturated heterocycles.